The fourth-order valence-electron chi connectivity index (χ4n) is 6.55. The minimum absolute atomic E-state index is 0.350. The van der Waals surface area contributed by atoms with Gasteiger partial charge in [-0.05, 0) is 69.0 Å². The van der Waals surface area contributed by atoms with Crippen molar-refractivity contribution in [2.24, 2.45) is 5.92 Å². The van der Waals surface area contributed by atoms with Crippen LogP contribution in [0.4, 0.5) is 0 Å². The first-order valence-electron chi connectivity index (χ1n) is 11.1. The number of benzene rings is 2. The van der Waals surface area contributed by atoms with Gasteiger partial charge in [-0.2, -0.15) is 0 Å². The molecule has 4 saturated heterocycles. The summed E-state index contributed by atoms with van der Waals surface area (Å²) in [5, 5.41) is 0. The number of aryl methyl sites for hydroxylation is 2. The van der Waals surface area contributed by atoms with Crippen LogP contribution in [-0.4, -0.2) is 48.3 Å². The first-order valence-corrected chi connectivity index (χ1v) is 11.1. The molecular weight excluding hydrogens is 360 g/mol. The summed E-state index contributed by atoms with van der Waals surface area (Å²) in [7, 11) is 0. The predicted octanol–water partition coefficient (Wildman–Crippen LogP) is 4.09. The molecule has 2 bridgehead atoms. The van der Waals surface area contributed by atoms with E-state index in [-0.39, 0.29) is 0 Å². The van der Waals surface area contributed by atoms with Crippen molar-refractivity contribution in [3.8, 4) is 11.5 Å². The summed E-state index contributed by atoms with van der Waals surface area (Å²) in [5.41, 5.74) is 5.62. The molecule has 4 nitrogen and oxygen atoms in total. The van der Waals surface area contributed by atoms with Crippen LogP contribution in [0.2, 0.25) is 0 Å². The van der Waals surface area contributed by atoms with Crippen LogP contribution in [0.25, 0.3) is 0 Å². The van der Waals surface area contributed by atoms with Gasteiger partial charge in [0.2, 0.25) is 6.79 Å². The number of likely N-dealkylation sites (tertiary alicyclic amines) is 1. The van der Waals surface area contributed by atoms with Gasteiger partial charge in [-0.1, -0.05) is 35.4 Å². The Hall–Kier alpha value is -2.04. The maximum absolute atomic E-state index is 5.70. The van der Waals surface area contributed by atoms with Crippen molar-refractivity contribution in [3.63, 3.8) is 0 Å². The SMILES string of the molecule is Cc1cc(C)cc(CN2C[C@H](c3ccc4c(c3)OCO4)[C@H]3[C@@H]2C2CCN3CC2)c1. The molecule has 5 aliphatic rings. The van der Waals surface area contributed by atoms with Crippen LogP contribution in [0.3, 0.4) is 0 Å². The van der Waals surface area contributed by atoms with Gasteiger partial charge < -0.3 is 9.47 Å². The molecule has 0 aliphatic carbocycles. The van der Waals surface area contributed by atoms with E-state index in [1.54, 1.807) is 0 Å². The lowest BCUT2D eigenvalue weighted by Gasteiger charge is -2.51. The summed E-state index contributed by atoms with van der Waals surface area (Å²) in [5.74, 6) is 3.20. The lowest BCUT2D eigenvalue weighted by molar-refractivity contribution is -0.00870. The Bertz CT molecular complexity index is 914. The van der Waals surface area contributed by atoms with Gasteiger partial charge in [-0.15, -0.1) is 0 Å². The molecule has 0 amide bonds. The molecule has 0 spiro atoms. The van der Waals surface area contributed by atoms with Crippen LogP contribution in [0.1, 0.15) is 41.0 Å². The third-order valence-corrected chi connectivity index (χ3v) is 7.59. The molecule has 3 atom stereocenters. The Balaban J connectivity index is 1.34. The summed E-state index contributed by atoms with van der Waals surface area (Å²) < 4.78 is 11.2. The minimum Gasteiger partial charge on any atom is -0.454 e. The molecule has 7 rings (SSSR count). The smallest absolute Gasteiger partial charge is 0.231 e. The molecule has 4 fully saturated rings. The van der Waals surface area contributed by atoms with Gasteiger partial charge in [0.15, 0.2) is 11.5 Å². The van der Waals surface area contributed by atoms with E-state index >= 15 is 0 Å². The van der Waals surface area contributed by atoms with E-state index in [2.05, 4.69) is 60.0 Å². The first-order chi connectivity index (χ1) is 14.2. The highest BCUT2D eigenvalue weighted by Gasteiger charge is 2.53. The standard InChI is InChI=1S/C25H30N2O2/c1-16-9-17(2)11-18(10-16)13-27-14-21(20-3-4-22-23(12-20)29-15-28-22)25-24(27)19-5-7-26(25)8-6-19/h3-4,9-12,19,21,24-25H,5-8,13-15H2,1-2H3/t21-,24+,25+/m1/s1. The third-order valence-electron chi connectivity index (χ3n) is 7.59. The number of ether oxygens (including phenoxy) is 2. The van der Waals surface area contributed by atoms with Crippen molar-refractivity contribution in [3.05, 3.63) is 58.7 Å². The molecule has 0 aromatic heterocycles. The van der Waals surface area contributed by atoms with Crippen LogP contribution < -0.4 is 9.47 Å². The fourth-order valence-corrected chi connectivity index (χ4v) is 6.55. The molecule has 0 N–H and O–H groups in total. The highest BCUT2D eigenvalue weighted by molar-refractivity contribution is 5.46. The normalized spacial score (nSPS) is 32.6. The minimum atomic E-state index is 0.350. The molecule has 152 valence electrons. The molecule has 29 heavy (non-hydrogen) atoms. The Labute approximate surface area is 173 Å². The molecular formula is C25H30N2O2. The lowest BCUT2D eigenvalue weighted by Crippen LogP contribution is -2.59. The predicted molar refractivity (Wildman–Crippen MR) is 114 cm³/mol. The van der Waals surface area contributed by atoms with Crippen molar-refractivity contribution in [2.75, 3.05) is 26.4 Å². The van der Waals surface area contributed by atoms with E-state index in [0.29, 0.717) is 24.8 Å². The average Bonchev–Trinajstić information content (AvgIpc) is 3.33. The Morgan fingerprint density at radius 3 is 2.45 bits per heavy atom. The topological polar surface area (TPSA) is 24.9 Å². The van der Waals surface area contributed by atoms with E-state index in [9.17, 15) is 0 Å². The zero-order chi connectivity index (χ0) is 19.5. The van der Waals surface area contributed by atoms with E-state index < -0.39 is 0 Å². The van der Waals surface area contributed by atoms with E-state index in [1.165, 1.54) is 48.2 Å². The number of nitrogens with zero attached hydrogens (tertiary/aromatic N) is 2. The second kappa shape index (κ2) is 6.75. The van der Waals surface area contributed by atoms with Crippen molar-refractivity contribution in [2.45, 2.75) is 51.2 Å². The highest BCUT2D eigenvalue weighted by atomic mass is 16.7. The zero-order valence-corrected chi connectivity index (χ0v) is 17.4. The summed E-state index contributed by atoms with van der Waals surface area (Å²) in [6, 6.07) is 15.0. The molecule has 0 saturated carbocycles. The van der Waals surface area contributed by atoms with E-state index in [4.69, 9.17) is 9.47 Å². The van der Waals surface area contributed by atoms with Crippen LogP contribution in [0, 0.1) is 19.8 Å². The second-order valence-corrected chi connectivity index (χ2v) is 9.50. The van der Waals surface area contributed by atoms with Crippen LogP contribution in [0.5, 0.6) is 11.5 Å². The summed E-state index contributed by atoms with van der Waals surface area (Å²) in [6.45, 7) is 9.51. The van der Waals surface area contributed by atoms with Gasteiger partial charge in [0, 0.05) is 31.1 Å². The molecule has 2 aromatic carbocycles. The second-order valence-electron chi connectivity index (χ2n) is 9.50. The molecule has 0 unspecified atom stereocenters. The molecule has 2 aromatic rings. The Morgan fingerprint density at radius 2 is 1.66 bits per heavy atom. The van der Waals surface area contributed by atoms with Crippen molar-refractivity contribution >= 4 is 0 Å². The van der Waals surface area contributed by atoms with Crippen LogP contribution in [0.15, 0.2) is 36.4 Å². The quantitative estimate of drug-likeness (QED) is 0.788. The summed E-state index contributed by atoms with van der Waals surface area (Å²) in [6.07, 6.45) is 2.72. The molecule has 4 heteroatoms. The number of piperidine rings is 3. The van der Waals surface area contributed by atoms with Gasteiger partial charge in [-0.3, -0.25) is 9.80 Å². The zero-order valence-electron chi connectivity index (χ0n) is 17.4. The Morgan fingerprint density at radius 1 is 0.897 bits per heavy atom. The maximum atomic E-state index is 5.70. The van der Waals surface area contributed by atoms with Gasteiger partial charge in [0.25, 0.3) is 0 Å². The van der Waals surface area contributed by atoms with Crippen LogP contribution in [-0.2, 0) is 6.54 Å². The molecule has 0 radical (unpaired) electrons. The monoisotopic (exact) mass is 390 g/mol. The number of rotatable bonds is 3. The van der Waals surface area contributed by atoms with Crippen molar-refractivity contribution in [1.29, 1.82) is 0 Å². The van der Waals surface area contributed by atoms with Gasteiger partial charge >= 0.3 is 0 Å². The molecule has 5 heterocycles. The number of hydrogen-bond acceptors (Lipinski definition) is 4. The van der Waals surface area contributed by atoms with Crippen LogP contribution >= 0.6 is 0 Å². The van der Waals surface area contributed by atoms with Gasteiger partial charge in [0.1, 0.15) is 0 Å². The third kappa shape index (κ3) is 2.96. The number of fused-ring (bicyclic) bond motifs is 3. The highest BCUT2D eigenvalue weighted by Crippen LogP contribution is 2.48. The fraction of sp³-hybridized carbons (Fsp3) is 0.520. The Kier molecular flexibility index (Phi) is 4.14. The number of hydrogen-bond donors (Lipinski definition) is 0. The van der Waals surface area contributed by atoms with E-state index in [0.717, 1.165) is 30.5 Å². The van der Waals surface area contributed by atoms with E-state index in [1.807, 2.05) is 0 Å². The lowest BCUT2D eigenvalue weighted by atomic mass is 9.75. The van der Waals surface area contributed by atoms with Crippen molar-refractivity contribution in [1.82, 2.24) is 9.80 Å². The van der Waals surface area contributed by atoms with Gasteiger partial charge in [-0.25, -0.2) is 0 Å². The largest absolute Gasteiger partial charge is 0.454 e. The first kappa shape index (κ1) is 17.8. The van der Waals surface area contributed by atoms with Crippen molar-refractivity contribution < 1.29 is 9.47 Å². The van der Waals surface area contributed by atoms with Gasteiger partial charge in [0.05, 0.1) is 0 Å². The summed E-state index contributed by atoms with van der Waals surface area (Å²) in [4.78, 5) is 5.57. The summed E-state index contributed by atoms with van der Waals surface area (Å²) >= 11 is 0. The average molecular weight is 391 g/mol. The maximum Gasteiger partial charge on any atom is 0.231 e. The molecule has 5 aliphatic heterocycles.